The molecule has 2 fully saturated rings. The summed E-state index contributed by atoms with van der Waals surface area (Å²) >= 11 is 0. The van der Waals surface area contributed by atoms with Crippen LogP contribution in [0.3, 0.4) is 0 Å². The van der Waals surface area contributed by atoms with Crippen molar-refractivity contribution in [3.8, 4) is 11.1 Å². The van der Waals surface area contributed by atoms with Crippen LogP contribution in [-0.2, 0) is 4.74 Å². The van der Waals surface area contributed by atoms with Crippen LogP contribution in [0, 0.1) is 0 Å². The molecule has 2 aliphatic rings. The monoisotopic (exact) mass is 504 g/mol. The van der Waals surface area contributed by atoms with Crippen LogP contribution in [0.25, 0.3) is 11.1 Å². The average Bonchev–Trinajstić information content (AvgIpc) is 3.65. The Kier molecular flexibility index (Phi) is 7.01. The van der Waals surface area contributed by atoms with E-state index < -0.39 is 0 Å². The first-order chi connectivity index (χ1) is 17.9. The number of nitrogens with one attached hydrogen (secondary N) is 1. The second-order valence-electron chi connectivity index (χ2n) is 9.44. The van der Waals surface area contributed by atoms with Gasteiger partial charge in [-0.25, -0.2) is 15.8 Å². The van der Waals surface area contributed by atoms with E-state index in [4.69, 9.17) is 16.4 Å². The number of ether oxygens (including phenoxy) is 1. The van der Waals surface area contributed by atoms with Crippen LogP contribution in [0.2, 0.25) is 0 Å². The molecule has 0 atom stereocenters. The van der Waals surface area contributed by atoms with Gasteiger partial charge in [-0.05, 0) is 44.9 Å². The number of hydrogen-bond donors (Lipinski definition) is 3. The zero-order valence-corrected chi connectivity index (χ0v) is 21.0. The highest BCUT2D eigenvalue weighted by Gasteiger charge is 2.26. The first-order valence-corrected chi connectivity index (χ1v) is 12.4. The standard InChI is InChI=1S/C25H32N10O2/c1-16(2)35(27)24(32-26)20-4-3-5-23(30-20)31-25(36)21-12-19(17-13-29-34(15-17)18-6-7-18)22(14-28-21)33-8-10-37-11-9-33/h3-5,12-16,18H,6-11,26-27H2,1-2H3,(H,30,31,36)/b32-24-. The number of anilines is 2. The Morgan fingerprint density at radius 2 is 2.00 bits per heavy atom. The molecule has 1 aliphatic carbocycles. The van der Waals surface area contributed by atoms with Crippen molar-refractivity contribution in [2.45, 2.75) is 38.8 Å². The van der Waals surface area contributed by atoms with Crippen LogP contribution in [0.5, 0.6) is 0 Å². The van der Waals surface area contributed by atoms with Gasteiger partial charge in [-0.2, -0.15) is 10.2 Å². The van der Waals surface area contributed by atoms with E-state index in [1.54, 1.807) is 24.4 Å². The van der Waals surface area contributed by atoms with Gasteiger partial charge in [0.05, 0.1) is 37.3 Å². The first-order valence-electron chi connectivity index (χ1n) is 12.4. The molecule has 0 unspecified atom stereocenters. The zero-order valence-electron chi connectivity index (χ0n) is 21.0. The second kappa shape index (κ2) is 10.5. The number of pyridine rings is 2. The molecule has 3 aromatic rings. The molecular weight excluding hydrogens is 472 g/mol. The second-order valence-corrected chi connectivity index (χ2v) is 9.44. The molecule has 5 rings (SSSR count). The van der Waals surface area contributed by atoms with Gasteiger partial charge >= 0.3 is 0 Å². The van der Waals surface area contributed by atoms with Gasteiger partial charge in [-0.1, -0.05) is 6.07 Å². The predicted octanol–water partition coefficient (Wildman–Crippen LogP) is 1.97. The van der Waals surface area contributed by atoms with Crippen LogP contribution in [0.1, 0.15) is 48.9 Å². The van der Waals surface area contributed by atoms with Gasteiger partial charge in [-0.3, -0.25) is 14.5 Å². The van der Waals surface area contributed by atoms with E-state index in [1.807, 2.05) is 37.0 Å². The van der Waals surface area contributed by atoms with Gasteiger partial charge in [-0.15, -0.1) is 0 Å². The number of hydrazine groups is 1. The Bertz CT molecular complexity index is 1290. The molecular formula is C25H32N10O2. The highest BCUT2D eigenvalue weighted by molar-refractivity contribution is 6.04. The largest absolute Gasteiger partial charge is 0.378 e. The van der Waals surface area contributed by atoms with Gasteiger partial charge < -0.3 is 20.8 Å². The molecule has 1 aliphatic heterocycles. The van der Waals surface area contributed by atoms with Gasteiger partial charge in [0.25, 0.3) is 5.91 Å². The maximum atomic E-state index is 13.2. The number of carbonyl (C=O) groups is 1. The molecule has 0 spiro atoms. The molecule has 0 aromatic carbocycles. The maximum Gasteiger partial charge on any atom is 0.275 e. The van der Waals surface area contributed by atoms with Gasteiger partial charge in [0.15, 0.2) is 5.84 Å². The van der Waals surface area contributed by atoms with Crippen molar-refractivity contribution >= 4 is 23.2 Å². The lowest BCUT2D eigenvalue weighted by atomic mass is 10.1. The van der Waals surface area contributed by atoms with E-state index in [9.17, 15) is 4.79 Å². The van der Waals surface area contributed by atoms with E-state index in [1.165, 1.54) is 5.01 Å². The lowest BCUT2D eigenvalue weighted by Gasteiger charge is -2.30. The third kappa shape index (κ3) is 5.39. The summed E-state index contributed by atoms with van der Waals surface area (Å²) in [4.78, 5) is 24.5. The highest BCUT2D eigenvalue weighted by Crippen LogP contribution is 2.37. The average molecular weight is 505 g/mol. The van der Waals surface area contributed by atoms with E-state index >= 15 is 0 Å². The summed E-state index contributed by atoms with van der Waals surface area (Å²) in [5.41, 5.74) is 3.53. The fraction of sp³-hybridized carbons (Fsp3) is 0.400. The lowest BCUT2D eigenvalue weighted by molar-refractivity contribution is 0.102. The number of amides is 1. The molecule has 1 saturated carbocycles. The lowest BCUT2D eigenvalue weighted by Crippen LogP contribution is -2.44. The number of amidine groups is 1. The van der Waals surface area contributed by atoms with Crippen molar-refractivity contribution in [3.63, 3.8) is 0 Å². The molecule has 1 amide bonds. The smallest absolute Gasteiger partial charge is 0.275 e. The summed E-state index contributed by atoms with van der Waals surface area (Å²) in [5, 5.41) is 12.6. The molecule has 37 heavy (non-hydrogen) atoms. The Hall–Kier alpha value is -4.03. The van der Waals surface area contributed by atoms with Crippen molar-refractivity contribution < 1.29 is 9.53 Å². The van der Waals surface area contributed by atoms with E-state index in [0.29, 0.717) is 36.6 Å². The SMILES string of the molecule is CC(C)N(N)/C(=N\N)c1cccc(NC(=O)c2cc(-c3cnn(C4CC4)c3)c(N3CCOCC3)cn2)n1. The summed E-state index contributed by atoms with van der Waals surface area (Å²) in [6.07, 6.45) is 7.93. The highest BCUT2D eigenvalue weighted by atomic mass is 16.5. The van der Waals surface area contributed by atoms with Gasteiger partial charge in [0, 0.05) is 36.5 Å². The number of hydrazone groups is 1. The van der Waals surface area contributed by atoms with Crippen LogP contribution in [0.15, 0.2) is 48.0 Å². The summed E-state index contributed by atoms with van der Waals surface area (Å²) in [5.74, 6) is 11.9. The van der Waals surface area contributed by atoms with Gasteiger partial charge in [0.1, 0.15) is 17.2 Å². The minimum absolute atomic E-state index is 0.0424. The zero-order chi connectivity index (χ0) is 25.9. The van der Waals surface area contributed by atoms with E-state index in [2.05, 4.69) is 30.4 Å². The van der Waals surface area contributed by atoms with Crippen LogP contribution in [0.4, 0.5) is 11.5 Å². The molecule has 0 radical (unpaired) electrons. The number of nitrogens with zero attached hydrogens (tertiary/aromatic N) is 7. The Morgan fingerprint density at radius 1 is 1.22 bits per heavy atom. The fourth-order valence-corrected chi connectivity index (χ4v) is 4.19. The van der Waals surface area contributed by atoms with E-state index in [0.717, 1.165) is 42.7 Å². The third-order valence-corrected chi connectivity index (χ3v) is 6.44. The molecule has 12 heteroatoms. The van der Waals surface area contributed by atoms with Crippen molar-refractivity contribution in [2.24, 2.45) is 16.8 Å². The maximum absolute atomic E-state index is 13.2. The topological polar surface area (TPSA) is 153 Å². The van der Waals surface area contributed by atoms with E-state index in [-0.39, 0.29) is 17.6 Å². The normalized spacial score (nSPS) is 16.2. The predicted molar refractivity (Wildman–Crippen MR) is 141 cm³/mol. The number of aromatic nitrogens is 4. The summed E-state index contributed by atoms with van der Waals surface area (Å²) in [6.45, 7) is 6.64. The minimum Gasteiger partial charge on any atom is -0.378 e. The molecule has 3 aromatic heterocycles. The summed E-state index contributed by atoms with van der Waals surface area (Å²) in [6, 6.07) is 7.41. The number of rotatable bonds is 7. The molecule has 4 heterocycles. The summed E-state index contributed by atoms with van der Waals surface area (Å²) < 4.78 is 7.53. The summed E-state index contributed by atoms with van der Waals surface area (Å²) in [7, 11) is 0. The Morgan fingerprint density at radius 3 is 2.70 bits per heavy atom. The molecule has 12 nitrogen and oxygen atoms in total. The van der Waals surface area contributed by atoms with Crippen molar-refractivity contribution in [1.29, 1.82) is 0 Å². The van der Waals surface area contributed by atoms with Crippen molar-refractivity contribution in [3.05, 3.63) is 54.2 Å². The quantitative estimate of drug-likeness (QED) is 0.190. The van der Waals surface area contributed by atoms with Crippen molar-refractivity contribution in [2.75, 3.05) is 36.5 Å². The number of hydrogen-bond acceptors (Lipinski definition) is 9. The van der Waals surface area contributed by atoms with Gasteiger partial charge in [0.2, 0.25) is 0 Å². The number of carbonyl (C=O) groups excluding carboxylic acids is 1. The van der Waals surface area contributed by atoms with Crippen LogP contribution >= 0.6 is 0 Å². The number of nitrogens with two attached hydrogens (primary N) is 2. The molecule has 194 valence electrons. The van der Waals surface area contributed by atoms with Crippen LogP contribution in [-0.4, -0.2) is 68.8 Å². The number of morpholine rings is 1. The molecule has 1 saturated heterocycles. The minimum atomic E-state index is -0.381. The van der Waals surface area contributed by atoms with Crippen molar-refractivity contribution in [1.82, 2.24) is 24.8 Å². The Labute approximate surface area is 215 Å². The fourth-order valence-electron chi connectivity index (χ4n) is 4.19. The molecule has 0 bridgehead atoms. The Balaban J connectivity index is 1.42. The first kappa shape index (κ1) is 24.7. The third-order valence-electron chi connectivity index (χ3n) is 6.44. The van der Waals surface area contributed by atoms with Crippen LogP contribution < -0.4 is 21.9 Å². The molecule has 5 N–H and O–H groups in total.